The van der Waals surface area contributed by atoms with Crippen LogP contribution in [0.3, 0.4) is 0 Å². The summed E-state index contributed by atoms with van der Waals surface area (Å²) >= 11 is 1.06. The van der Waals surface area contributed by atoms with Crippen LogP contribution in [0.2, 0.25) is 0 Å². The highest BCUT2D eigenvalue weighted by Crippen LogP contribution is 2.32. The SMILES string of the molecule is CCOC(=O)C1=C(C)N=c2s/c(=C/c3cccc([N+](=O)[O-])c3)c(=O)n2[C@H]1c1ccccc1F. The van der Waals surface area contributed by atoms with Crippen molar-refractivity contribution in [3.05, 3.63) is 107 Å². The van der Waals surface area contributed by atoms with Crippen LogP contribution in [0.1, 0.15) is 31.0 Å². The molecule has 0 amide bonds. The number of hydrogen-bond acceptors (Lipinski definition) is 7. The Balaban J connectivity index is 1.96. The summed E-state index contributed by atoms with van der Waals surface area (Å²) in [5.74, 6) is -1.26. The Morgan fingerprint density at radius 2 is 2.06 bits per heavy atom. The summed E-state index contributed by atoms with van der Waals surface area (Å²) < 4.78 is 21.5. The smallest absolute Gasteiger partial charge is 0.338 e. The van der Waals surface area contributed by atoms with Crippen molar-refractivity contribution in [1.29, 1.82) is 0 Å². The molecule has 0 fully saturated rings. The first-order valence-corrected chi connectivity index (χ1v) is 10.8. The molecule has 33 heavy (non-hydrogen) atoms. The average molecular weight is 467 g/mol. The van der Waals surface area contributed by atoms with Gasteiger partial charge in [-0.25, -0.2) is 14.2 Å². The third-order valence-electron chi connectivity index (χ3n) is 5.10. The number of hydrogen-bond donors (Lipinski definition) is 0. The molecular formula is C23H18FN3O5S. The lowest BCUT2D eigenvalue weighted by Gasteiger charge is -2.24. The second kappa shape index (κ2) is 8.91. The van der Waals surface area contributed by atoms with E-state index in [0.717, 1.165) is 11.3 Å². The van der Waals surface area contributed by atoms with Gasteiger partial charge in [0.2, 0.25) is 0 Å². The molecule has 2 heterocycles. The Morgan fingerprint density at radius 3 is 2.76 bits per heavy atom. The van der Waals surface area contributed by atoms with Crippen molar-refractivity contribution < 1.29 is 18.8 Å². The van der Waals surface area contributed by atoms with E-state index in [1.807, 2.05) is 0 Å². The normalized spacial score (nSPS) is 15.7. The number of thiazole rings is 1. The molecule has 2 aromatic carbocycles. The van der Waals surface area contributed by atoms with Gasteiger partial charge in [0.05, 0.1) is 27.3 Å². The van der Waals surface area contributed by atoms with Crippen molar-refractivity contribution >= 4 is 29.1 Å². The molecule has 1 aliphatic heterocycles. The predicted octanol–water partition coefficient (Wildman–Crippen LogP) is 2.85. The number of rotatable bonds is 5. The number of allylic oxidation sites excluding steroid dienone is 1. The molecule has 0 saturated heterocycles. The van der Waals surface area contributed by atoms with E-state index in [-0.39, 0.29) is 32.8 Å². The molecule has 1 aliphatic rings. The largest absolute Gasteiger partial charge is 0.463 e. The third kappa shape index (κ3) is 4.12. The van der Waals surface area contributed by atoms with Crippen LogP contribution >= 0.6 is 11.3 Å². The monoisotopic (exact) mass is 467 g/mol. The Bertz CT molecular complexity index is 1490. The molecule has 0 bridgehead atoms. The fourth-order valence-corrected chi connectivity index (χ4v) is 4.71. The highest BCUT2D eigenvalue weighted by molar-refractivity contribution is 7.07. The fraction of sp³-hybridized carbons (Fsp3) is 0.174. The first-order chi connectivity index (χ1) is 15.8. The first kappa shape index (κ1) is 22.3. The zero-order chi connectivity index (χ0) is 23.7. The van der Waals surface area contributed by atoms with Crippen LogP contribution in [0.25, 0.3) is 6.08 Å². The van der Waals surface area contributed by atoms with Crippen LogP contribution in [0.15, 0.2) is 69.6 Å². The Hall–Kier alpha value is -3.92. The van der Waals surface area contributed by atoms with Gasteiger partial charge in [-0.3, -0.25) is 19.5 Å². The van der Waals surface area contributed by atoms with Gasteiger partial charge < -0.3 is 4.74 Å². The molecule has 0 spiro atoms. The maximum Gasteiger partial charge on any atom is 0.338 e. The maximum absolute atomic E-state index is 14.8. The van der Waals surface area contributed by atoms with E-state index in [2.05, 4.69) is 4.99 Å². The molecule has 0 radical (unpaired) electrons. The van der Waals surface area contributed by atoms with Crippen molar-refractivity contribution in [2.75, 3.05) is 6.61 Å². The van der Waals surface area contributed by atoms with Crippen LogP contribution in [-0.4, -0.2) is 22.1 Å². The molecule has 0 unspecified atom stereocenters. The minimum atomic E-state index is -1.06. The van der Waals surface area contributed by atoms with Gasteiger partial charge in [0, 0.05) is 17.7 Å². The lowest BCUT2D eigenvalue weighted by molar-refractivity contribution is -0.384. The quantitative estimate of drug-likeness (QED) is 0.326. The molecule has 1 aromatic heterocycles. The predicted molar refractivity (Wildman–Crippen MR) is 120 cm³/mol. The highest BCUT2D eigenvalue weighted by atomic mass is 32.1. The number of ether oxygens (including phenoxy) is 1. The maximum atomic E-state index is 14.8. The molecule has 3 aromatic rings. The van der Waals surface area contributed by atoms with Crippen LogP contribution in [0.4, 0.5) is 10.1 Å². The molecular weight excluding hydrogens is 449 g/mol. The molecule has 0 saturated carbocycles. The van der Waals surface area contributed by atoms with Gasteiger partial charge in [-0.05, 0) is 31.6 Å². The van der Waals surface area contributed by atoms with Gasteiger partial charge in [-0.15, -0.1) is 0 Å². The molecule has 8 nitrogen and oxygen atoms in total. The minimum Gasteiger partial charge on any atom is -0.463 e. The average Bonchev–Trinajstić information content (AvgIpc) is 3.08. The number of fused-ring (bicyclic) bond motifs is 1. The van der Waals surface area contributed by atoms with Crippen molar-refractivity contribution in [2.45, 2.75) is 19.9 Å². The number of halogens is 1. The molecule has 1 atom stereocenters. The van der Waals surface area contributed by atoms with Crippen molar-refractivity contribution in [3.63, 3.8) is 0 Å². The lowest BCUT2D eigenvalue weighted by atomic mass is 9.95. The van der Waals surface area contributed by atoms with Gasteiger partial charge in [-0.2, -0.15) is 0 Å². The van der Waals surface area contributed by atoms with Crippen molar-refractivity contribution in [2.24, 2.45) is 4.99 Å². The number of nitro benzene ring substituents is 1. The summed E-state index contributed by atoms with van der Waals surface area (Å²) in [7, 11) is 0. The summed E-state index contributed by atoms with van der Waals surface area (Å²) in [5.41, 5.74) is 0.395. The zero-order valence-electron chi connectivity index (χ0n) is 17.6. The Kier molecular flexibility index (Phi) is 6.01. The topological polar surface area (TPSA) is 104 Å². The van der Waals surface area contributed by atoms with Gasteiger partial charge >= 0.3 is 5.97 Å². The molecule has 10 heteroatoms. The van der Waals surface area contributed by atoms with Gasteiger partial charge in [0.1, 0.15) is 11.9 Å². The third-order valence-corrected chi connectivity index (χ3v) is 6.08. The standard InChI is InChI=1S/C23H18FN3O5S/c1-3-32-22(29)19-13(2)25-23-26(20(19)16-9-4-5-10-17(16)24)21(28)18(33-23)12-14-7-6-8-15(11-14)27(30)31/h4-12,20H,3H2,1-2H3/b18-12+/t20-/m0/s1. The van der Waals surface area contributed by atoms with E-state index in [9.17, 15) is 24.1 Å². The molecule has 0 N–H and O–H groups in total. The van der Waals surface area contributed by atoms with Crippen LogP contribution < -0.4 is 14.9 Å². The van der Waals surface area contributed by atoms with E-state index >= 15 is 0 Å². The second-order valence-corrected chi connectivity index (χ2v) is 8.18. The van der Waals surface area contributed by atoms with Crippen LogP contribution in [0, 0.1) is 15.9 Å². The van der Waals surface area contributed by atoms with E-state index in [4.69, 9.17) is 4.74 Å². The number of non-ortho nitro benzene ring substituents is 1. The summed E-state index contributed by atoms with van der Waals surface area (Å²) in [6.45, 7) is 3.37. The Morgan fingerprint density at radius 1 is 1.30 bits per heavy atom. The van der Waals surface area contributed by atoms with Crippen molar-refractivity contribution in [1.82, 2.24) is 4.57 Å². The second-order valence-electron chi connectivity index (χ2n) is 7.18. The van der Waals surface area contributed by atoms with E-state index < -0.39 is 28.3 Å². The summed E-state index contributed by atoms with van der Waals surface area (Å²) in [5, 5.41) is 11.1. The number of esters is 1. The Labute approximate surface area is 190 Å². The number of nitrogens with zero attached hydrogens (tertiary/aromatic N) is 3. The number of carbonyl (C=O) groups is 1. The van der Waals surface area contributed by atoms with Gasteiger partial charge in [0.15, 0.2) is 4.80 Å². The van der Waals surface area contributed by atoms with Crippen LogP contribution in [-0.2, 0) is 9.53 Å². The number of aromatic nitrogens is 1. The summed E-state index contributed by atoms with van der Waals surface area (Å²) in [6, 6.07) is 10.7. The summed E-state index contributed by atoms with van der Waals surface area (Å²) in [4.78, 5) is 41.5. The molecule has 0 aliphatic carbocycles. The number of nitro groups is 1. The van der Waals surface area contributed by atoms with E-state index in [1.165, 1.54) is 47.0 Å². The lowest BCUT2D eigenvalue weighted by Crippen LogP contribution is -2.40. The minimum absolute atomic E-state index is 0.0799. The van der Waals surface area contributed by atoms with Gasteiger partial charge in [0.25, 0.3) is 11.2 Å². The van der Waals surface area contributed by atoms with Crippen molar-refractivity contribution in [3.8, 4) is 0 Å². The summed E-state index contributed by atoms with van der Waals surface area (Å²) in [6.07, 6.45) is 1.51. The van der Waals surface area contributed by atoms with E-state index in [0.29, 0.717) is 11.3 Å². The zero-order valence-corrected chi connectivity index (χ0v) is 18.5. The number of carbonyl (C=O) groups excluding carboxylic acids is 1. The molecule has 4 rings (SSSR count). The molecule has 168 valence electrons. The first-order valence-electron chi connectivity index (χ1n) is 10.0. The highest BCUT2D eigenvalue weighted by Gasteiger charge is 2.34. The van der Waals surface area contributed by atoms with Crippen LogP contribution in [0.5, 0.6) is 0 Å². The van der Waals surface area contributed by atoms with E-state index in [1.54, 1.807) is 26.0 Å². The van der Waals surface area contributed by atoms with Gasteiger partial charge in [-0.1, -0.05) is 41.7 Å². The fourth-order valence-electron chi connectivity index (χ4n) is 3.66. The number of benzene rings is 2.